The highest BCUT2D eigenvalue weighted by Gasteiger charge is 2.32. The molecule has 0 spiro atoms. The van der Waals surface area contributed by atoms with E-state index in [9.17, 15) is 9.90 Å². The normalized spacial score (nSPS) is 31.9. The molecule has 0 aromatic carbocycles. The van der Waals surface area contributed by atoms with Gasteiger partial charge in [-0.1, -0.05) is 26.2 Å². The Bertz CT molecular complexity index is 288. The molecule has 2 atom stereocenters. The van der Waals surface area contributed by atoms with Crippen molar-refractivity contribution >= 4 is 5.91 Å². The van der Waals surface area contributed by atoms with Crippen LogP contribution >= 0.6 is 0 Å². The van der Waals surface area contributed by atoms with Gasteiger partial charge in [-0.05, 0) is 38.1 Å². The fourth-order valence-corrected chi connectivity index (χ4v) is 3.15. The van der Waals surface area contributed by atoms with Crippen LogP contribution in [0.25, 0.3) is 0 Å². The minimum Gasteiger partial charge on any atom is -0.388 e. The molecule has 2 rings (SSSR count). The molecule has 1 heterocycles. The van der Waals surface area contributed by atoms with Crippen molar-refractivity contribution in [3.63, 3.8) is 0 Å². The topological polar surface area (TPSA) is 61.4 Å². The van der Waals surface area contributed by atoms with Crippen LogP contribution in [0.5, 0.6) is 0 Å². The molecule has 0 radical (unpaired) electrons. The van der Waals surface area contributed by atoms with E-state index in [1.807, 2.05) is 0 Å². The molecule has 0 aromatic rings. The predicted molar refractivity (Wildman–Crippen MR) is 71.2 cm³/mol. The number of hydrogen-bond acceptors (Lipinski definition) is 3. The quantitative estimate of drug-likeness (QED) is 0.709. The van der Waals surface area contributed by atoms with Gasteiger partial charge in [-0.3, -0.25) is 4.79 Å². The molecule has 18 heavy (non-hydrogen) atoms. The Morgan fingerprint density at radius 1 is 1.33 bits per heavy atom. The van der Waals surface area contributed by atoms with Crippen LogP contribution in [0.4, 0.5) is 0 Å². The van der Waals surface area contributed by atoms with Crippen molar-refractivity contribution in [3.8, 4) is 0 Å². The van der Waals surface area contributed by atoms with Gasteiger partial charge in [0.05, 0.1) is 11.6 Å². The summed E-state index contributed by atoms with van der Waals surface area (Å²) in [6.07, 6.45) is 7.25. The first-order valence-electron chi connectivity index (χ1n) is 7.34. The average molecular weight is 254 g/mol. The van der Waals surface area contributed by atoms with Crippen LogP contribution in [0, 0.1) is 5.92 Å². The van der Waals surface area contributed by atoms with Crippen LogP contribution in [0.15, 0.2) is 0 Å². The van der Waals surface area contributed by atoms with E-state index >= 15 is 0 Å². The Kier molecular flexibility index (Phi) is 4.62. The summed E-state index contributed by atoms with van der Waals surface area (Å²) < 4.78 is 0. The van der Waals surface area contributed by atoms with Gasteiger partial charge in [0, 0.05) is 6.54 Å². The van der Waals surface area contributed by atoms with Crippen LogP contribution < -0.4 is 10.6 Å². The van der Waals surface area contributed by atoms with E-state index in [1.54, 1.807) is 0 Å². The van der Waals surface area contributed by atoms with E-state index in [-0.39, 0.29) is 11.9 Å². The maximum absolute atomic E-state index is 12.1. The van der Waals surface area contributed by atoms with Crippen LogP contribution in [-0.2, 0) is 4.79 Å². The van der Waals surface area contributed by atoms with Crippen molar-refractivity contribution in [1.29, 1.82) is 0 Å². The second-order valence-corrected chi connectivity index (χ2v) is 6.05. The molecule has 1 aliphatic carbocycles. The Labute approximate surface area is 110 Å². The van der Waals surface area contributed by atoms with E-state index in [1.165, 1.54) is 6.42 Å². The second-order valence-electron chi connectivity index (χ2n) is 6.05. The summed E-state index contributed by atoms with van der Waals surface area (Å²) in [6, 6.07) is -0.0778. The van der Waals surface area contributed by atoms with Crippen LogP contribution in [0.3, 0.4) is 0 Å². The van der Waals surface area contributed by atoms with Crippen molar-refractivity contribution in [3.05, 3.63) is 0 Å². The number of hydrogen-bond donors (Lipinski definition) is 3. The number of rotatable bonds is 3. The van der Waals surface area contributed by atoms with Gasteiger partial charge in [-0.15, -0.1) is 0 Å². The first-order valence-corrected chi connectivity index (χ1v) is 7.34. The SMILES string of the molecule is CC1CCCNC1C(=O)NCC1(O)CCCCC1. The molecule has 4 heteroatoms. The van der Waals surface area contributed by atoms with Gasteiger partial charge >= 0.3 is 0 Å². The number of nitrogens with one attached hydrogen (secondary N) is 2. The van der Waals surface area contributed by atoms with E-state index in [2.05, 4.69) is 17.6 Å². The molecule has 2 aliphatic rings. The molecular formula is C14H26N2O2. The first-order chi connectivity index (χ1) is 8.61. The Balaban J connectivity index is 1.80. The zero-order valence-electron chi connectivity index (χ0n) is 11.4. The first kappa shape index (κ1) is 13.8. The third-order valence-corrected chi connectivity index (χ3v) is 4.43. The smallest absolute Gasteiger partial charge is 0.237 e. The molecule has 2 unspecified atom stereocenters. The number of carbonyl (C=O) groups excluding carboxylic acids is 1. The predicted octanol–water partition coefficient (Wildman–Crippen LogP) is 1.19. The lowest BCUT2D eigenvalue weighted by molar-refractivity contribution is -0.126. The van der Waals surface area contributed by atoms with Gasteiger partial charge < -0.3 is 15.7 Å². The lowest BCUT2D eigenvalue weighted by Gasteiger charge is -2.34. The lowest BCUT2D eigenvalue weighted by Crippen LogP contribution is -2.54. The van der Waals surface area contributed by atoms with Crippen molar-refractivity contribution in [2.75, 3.05) is 13.1 Å². The van der Waals surface area contributed by atoms with Gasteiger partial charge in [0.15, 0.2) is 0 Å². The standard InChI is InChI=1S/C14H26N2O2/c1-11-6-5-9-15-12(11)13(17)16-10-14(18)7-3-2-4-8-14/h11-12,15,18H,2-10H2,1H3,(H,16,17). The molecule has 0 bridgehead atoms. The zero-order chi connectivity index (χ0) is 13.0. The van der Waals surface area contributed by atoms with E-state index in [0.29, 0.717) is 12.5 Å². The number of carbonyl (C=O) groups is 1. The van der Waals surface area contributed by atoms with Crippen LogP contribution in [-0.4, -0.2) is 35.7 Å². The summed E-state index contributed by atoms with van der Waals surface area (Å²) in [7, 11) is 0. The fraction of sp³-hybridized carbons (Fsp3) is 0.929. The molecule has 0 aromatic heterocycles. The Morgan fingerprint density at radius 2 is 2.06 bits per heavy atom. The summed E-state index contributed by atoms with van der Waals surface area (Å²) >= 11 is 0. The summed E-state index contributed by atoms with van der Waals surface area (Å²) in [6.45, 7) is 3.45. The monoisotopic (exact) mass is 254 g/mol. The van der Waals surface area contributed by atoms with Crippen LogP contribution in [0.2, 0.25) is 0 Å². The maximum Gasteiger partial charge on any atom is 0.237 e. The highest BCUT2D eigenvalue weighted by molar-refractivity contribution is 5.82. The number of piperidine rings is 1. The van der Waals surface area contributed by atoms with Crippen molar-refractivity contribution in [2.45, 2.75) is 63.5 Å². The minimum absolute atomic E-state index is 0.0567. The molecule has 3 N–H and O–H groups in total. The van der Waals surface area contributed by atoms with E-state index < -0.39 is 5.60 Å². The lowest BCUT2D eigenvalue weighted by atomic mass is 9.84. The molecule has 4 nitrogen and oxygen atoms in total. The number of aliphatic hydroxyl groups is 1. The van der Waals surface area contributed by atoms with Crippen molar-refractivity contribution in [2.24, 2.45) is 5.92 Å². The van der Waals surface area contributed by atoms with Gasteiger partial charge in [0.1, 0.15) is 0 Å². The summed E-state index contributed by atoms with van der Waals surface area (Å²) in [5.41, 5.74) is -0.661. The largest absolute Gasteiger partial charge is 0.388 e. The number of amides is 1. The molecule has 104 valence electrons. The van der Waals surface area contributed by atoms with Crippen LogP contribution in [0.1, 0.15) is 51.9 Å². The minimum atomic E-state index is -0.661. The van der Waals surface area contributed by atoms with Gasteiger partial charge in [-0.25, -0.2) is 0 Å². The molecule has 1 saturated heterocycles. The molecular weight excluding hydrogens is 228 g/mol. The Hall–Kier alpha value is -0.610. The maximum atomic E-state index is 12.1. The molecule has 1 aliphatic heterocycles. The summed E-state index contributed by atoms with van der Waals surface area (Å²) in [4.78, 5) is 12.1. The van der Waals surface area contributed by atoms with Crippen molar-refractivity contribution in [1.82, 2.24) is 10.6 Å². The fourth-order valence-electron chi connectivity index (χ4n) is 3.15. The summed E-state index contributed by atoms with van der Waals surface area (Å²) in [5.74, 6) is 0.445. The Morgan fingerprint density at radius 3 is 2.72 bits per heavy atom. The molecule has 2 fully saturated rings. The van der Waals surface area contributed by atoms with Gasteiger partial charge in [0.25, 0.3) is 0 Å². The highest BCUT2D eigenvalue weighted by Crippen LogP contribution is 2.27. The average Bonchev–Trinajstić information content (AvgIpc) is 2.38. The van der Waals surface area contributed by atoms with E-state index in [0.717, 1.165) is 45.1 Å². The van der Waals surface area contributed by atoms with Gasteiger partial charge in [0.2, 0.25) is 5.91 Å². The third kappa shape index (κ3) is 3.45. The molecule has 1 amide bonds. The van der Waals surface area contributed by atoms with E-state index in [4.69, 9.17) is 0 Å². The zero-order valence-corrected chi connectivity index (χ0v) is 11.4. The summed E-state index contributed by atoms with van der Waals surface area (Å²) in [5, 5.41) is 16.6. The third-order valence-electron chi connectivity index (χ3n) is 4.43. The highest BCUT2D eigenvalue weighted by atomic mass is 16.3. The molecule has 1 saturated carbocycles. The second kappa shape index (κ2) is 6.02. The van der Waals surface area contributed by atoms with Crippen molar-refractivity contribution < 1.29 is 9.90 Å². The van der Waals surface area contributed by atoms with Gasteiger partial charge in [-0.2, -0.15) is 0 Å².